The Hall–Kier alpha value is -3.02. The first-order chi connectivity index (χ1) is 14.8. The van der Waals surface area contributed by atoms with Gasteiger partial charge in [-0.3, -0.25) is 0 Å². The number of ether oxygens (including phenoxy) is 2. The number of rotatable bonds is 2. The summed E-state index contributed by atoms with van der Waals surface area (Å²) >= 11 is 0. The fourth-order valence-electron chi connectivity index (χ4n) is 4.84. The van der Waals surface area contributed by atoms with E-state index in [0.29, 0.717) is 19.7 Å². The van der Waals surface area contributed by atoms with Crippen LogP contribution < -0.4 is 0 Å². The predicted molar refractivity (Wildman–Crippen MR) is 117 cm³/mol. The maximum Gasteiger partial charge on any atom is 0.410 e. The Balaban J connectivity index is 1.23. The molecule has 2 aliphatic carbocycles. The van der Waals surface area contributed by atoms with E-state index < -0.39 is 5.60 Å². The van der Waals surface area contributed by atoms with Gasteiger partial charge in [-0.05, 0) is 49.4 Å². The van der Waals surface area contributed by atoms with Gasteiger partial charge in [0.05, 0.1) is 12.1 Å². The number of benzene rings is 2. The van der Waals surface area contributed by atoms with Gasteiger partial charge in [0.15, 0.2) is 0 Å². The maximum absolute atomic E-state index is 12.9. The first kappa shape index (κ1) is 19.9. The second kappa shape index (κ2) is 7.29. The van der Waals surface area contributed by atoms with Crippen LogP contribution in [-0.4, -0.2) is 59.4 Å². The highest BCUT2D eigenvalue weighted by atomic mass is 16.6. The third-order valence-corrected chi connectivity index (χ3v) is 6.31. The van der Waals surface area contributed by atoms with Crippen molar-refractivity contribution < 1.29 is 19.1 Å². The van der Waals surface area contributed by atoms with Gasteiger partial charge in [0.2, 0.25) is 0 Å². The molecular weight excluding hydrogens is 392 g/mol. The lowest BCUT2D eigenvalue weighted by Gasteiger charge is -2.34. The third-order valence-electron chi connectivity index (χ3n) is 6.31. The zero-order chi connectivity index (χ0) is 21.8. The van der Waals surface area contributed by atoms with Crippen LogP contribution in [0.3, 0.4) is 0 Å². The van der Waals surface area contributed by atoms with E-state index in [4.69, 9.17) is 9.47 Å². The number of nitrogens with zero attached hydrogens (tertiary/aromatic N) is 2. The van der Waals surface area contributed by atoms with Gasteiger partial charge in [-0.25, -0.2) is 9.59 Å². The van der Waals surface area contributed by atoms with Crippen LogP contribution in [0.15, 0.2) is 48.5 Å². The second-order valence-electron chi connectivity index (χ2n) is 9.54. The number of carbonyl (C=O) groups is 2. The molecule has 5 rings (SSSR count). The van der Waals surface area contributed by atoms with Crippen molar-refractivity contribution in [2.45, 2.75) is 50.8 Å². The zero-order valence-electron chi connectivity index (χ0n) is 18.2. The highest BCUT2D eigenvalue weighted by Crippen LogP contribution is 2.45. The maximum atomic E-state index is 12.9. The number of hydrogen-bond acceptors (Lipinski definition) is 4. The molecule has 2 aromatic carbocycles. The zero-order valence-corrected chi connectivity index (χ0v) is 18.2. The normalized spacial score (nSPS) is 21.8. The molecule has 2 atom stereocenters. The highest BCUT2D eigenvalue weighted by Gasteiger charge is 2.53. The first-order valence-corrected chi connectivity index (χ1v) is 10.9. The molecule has 2 aromatic rings. The molecule has 0 aromatic heterocycles. The molecular formula is C25H28N2O4. The molecule has 6 nitrogen and oxygen atoms in total. The topological polar surface area (TPSA) is 59.1 Å². The van der Waals surface area contributed by atoms with Crippen molar-refractivity contribution in [1.29, 1.82) is 0 Å². The molecule has 6 heteroatoms. The monoisotopic (exact) mass is 420 g/mol. The van der Waals surface area contributed by atoms with Gasteiger partial charge < -0.3 is 19.3 Å². The molecule has 1 saturated heterocycles. The molecule has 1 heterocycles. The van der Waals surface area contributed by atoms with Crippen molar-refractivity contribution >= 4 is 12.2 Å². The van der Waals surface area contributed by atoms with Crippen LogP contribution in [0.1, 0.15) is 44.2 Å². The van der Waals surface area contributed by atoms with Gasteiger partial charge in [-0.1, -0.05) is 48.5 Å². The standard InChI is InChI=1S/C25H28N2O4/c1-25(2,3)31-24(29)27-13-12-26(21-14-22(21)27)23(28)30-15-20-18-10-6-4-8-16(18)17-9-5-7-11-19(17)20/h4-11,20-22H,12-15H2,1-3H3/t21-,22-/m1/s1. The summed E-state index contributed by atoms with van der Waals surface area (Å²) in [4.78, 5) is 28.8. The van der Waals surface area contributed by atoms with Gasteiger partial charge in [0.25, 0.3) is 0 Å². The fourth-order valence-corrected chi connectivity index (χ4v) is 4.84. The van der Waals surface area contributed by atoms with Crippen molar-refractivity contribution in [2.75, 3.05) is 19.7 Å². The van der Waals surface area contributed by atoms with E-state index >= 15 is 0 Å². The first-order valence-electron chi connectivity index (χ1n) is 10.9. The predicted octanol–water partition coefficient (Wildman–Crippen LogP) is 4.63. The van der Waals surface area contributed by atoms with E-state index in [1.165, 1.54) is 22.3 Å². The molecule has 0 radical (unpaired) electrons. The molecule has 0 bridgehead atoms. The quantitative estimate of drug-likeness (QED) is 0.711. The van der Waals surface area contributed by atoms with Crippen molar-refractivity contribution in [3.63, 3.8) is 0 Å². The van der Waals surface area contributed by atoms with E-state index in [1.54, 1.807) is 9.80 Å². The Kier molecular flexibility index (Phi) is 4.68. The SMILES string of the molecule is CC(C)(C)OC(=O)N1CCN(C(=O)OCC2c3ccccc3-c3ccccc32)[C@@H]2C[C@H]21. The molecule has 3 aliphatic rings. The van der Waals surface area contributed by atoms with Crippen LogP contribution >= 0.6 is 0 Å². The van der Waals surface area contributed by atoms with Gasteiger partial charge in [0.1, 0.15) is 12.2 Å². The van der Waals surface area contributed by atoms with Crippen LogP contribution in [0, 0.1) is 0 Å². The minimum absolute atomic E-state index is 0.0249. The molecule has 2 amide bonds. The van der Waals surface area contributed by atoms with Crippen LogP contribution in [0.5, 0.6) is 0 Å². The summed E-state index contributed by atoms with van der Waals surface area (Å²) in [6.07, 6.45) is 0.189. The Morgan fingerprint density at radius 1 is 0.871 bits per heavy atom. The second-order valence-corrected chi connectivity index (χ2v) is 9.54. The molecule has 0 N–H and O–H groups in total. The number of piperazine rings is 1. The summed E-state index contributed by atoms with van der Waals surface area (Å²) in [6.45, 7) is 6.85. The van der Waals surface area contributed by atoms with E-state index in [2.05, 4.69) is 24.3 Å². The van der Waals surface area contributed by atoms with E-state index in [9.17, 15) is 9.59 Å². The third kappa shape index (κ3) is 3.64. The lowest BCUT2D eigenvalue weighted by atomic mass is 9.98. The molecule has 1 aliphatic heterocycles. The fraction of sp³-hybridized carbons (Fsp3) is 0.440. The van der Waals surface area contributed by atoms with Crippen molar-refractivity contribution in [3.05, 3.63) is 59.7 Å². The summed E-state index contributed by atoms with van der Waals surface area (Å²) in [6, 6.07) is 16.7. The van der Waals surface area contributed by atoms with Crippen molar-refractivity contribution in [2.24, 2.45) is 0 Å². The van der Waals surface area contributed by atoms with Gasteiger partial charge >= 0.3 is 12.2 Å². The molecule has 0 unspecified atom stereocenters. The van der Waals surface area contributed by atoms with Gasteiger partial charge in [-0.2, -0.15) is 0 Å². The van der Waals surface area contributed by atoms with Gasteiger partial charge in [0, 0.05) is 19.0 Å². The molecule has 162 valence electrons. The lowest BCUT2D eigenvalue weighted by molar-refractivity contribution is 0.0115. The minimum atomic E-state index is -0.522. The average Bonchev–Trinajstić information content (AvgIpc) is 3.47. The Morgan fingerprint density at radius 3 is 1.94 bits per heavy atom. The summed E-state index contributed by atoms with van der Waals surface area (Å²) in [5.74, 6) is 0.0504. The highest BCUT2D eigenvalue weighted by molar-refractivity contribution is 5.79. The summed E-state index contributed by atoms with van der Waals surface area (Å²) in [7, 11) is 0. The average molecular weight is 421 g/mol. The molecule has 0 spiro atoms. The lowest BCUT2D eigenvalue weighted by Crippen LogP contribution is -2.51. The Bertz CT molecular complexity index is 983. The number of fused-ring (bicyclic) bond motifs is 4. The number of hydrogen-bond donors (Lipinski definition) is 0. The summed E-state index contributed by atoms with van der Waals surface area (Å²) in [5, 5.41) is 0. The Labute approximate surface area is 182 Å². The van der Waals surface area contributed by atoms with E-state index in [-0.39, 0.29) is 30.2 Å². The largest absolute Gasteiger partial charge is 0.448 e. The van der Waals surface area contributed by atoms with Crippen molar-refractivity contribution in [1.82, 2.24) is 9.80 Å². The van der Waals surface area contributed by atoms with Crippen LogP contribution in [-0.2, 0) is 9.47 Å². The van der Waals surface area contributed by atoms with Crippen LogP contribution in [0.4, 0.5) is 9.59 Å². The van der Waals surface area contributed by atoms with E-state index in [1.807, 2.05) is 45.0 Å². The number of amides is 2. The molecule has 31 heavy (non-hydrogen) atoms. The molecule has 1 saturated carbocycles. The minimum Gasteiger partial charge on any atom is -0.448 e. The Morgan fingerprint density at radius 2 is 1.39 bits per heavy atom. The van der Waals surface area contributed by atoms with Gasteiger partial charge in [-0.15, -0.1) is 0 Å². The molecule has 2 fully saturated rings. The smallest absolute Gasteiger partial charge is 0.410 e. The number of carbonyl (C=O) groups excluding carboxylic acids is 2. The van der Waals surface area contributed by atoms with Crippen LogP contribution in [0.2, 0.25) is 0 Å². The van der Waals surface area contributed by atoms with Crippen molar-refractivity contribution in [3.8, 4) is 11.1 Å². The van der Waals surface area contributed by atoms with E-state index in [0.717, 1.165) is 6.42 Å². The van der Waals surface area contributed by atoms with Crippen LogP contribution in [0.25, 0.3) is 11.1 Å². The summed E-state index contributed by atoms with van der Waals surface area (Å²) in [5.41, 5.74) is 4.32. The summed E-state index contributed by atoms with van der Waals surface area (Å²) < 4.78 is 11.3.